The first-order chi connectivity index (χ1) is 21.1. The van der Waals surface area contributed by atoms with Crippen molar-refractivity contribution in [1.29, 1.82) is 0 Å². The number of phenols is 2. The molecule has 7 nitrogen and oxygen atoms in total. The van der Waals surface area contributed by atoms with E-state index in [1.165, 1.54) is 5.57 Å². The first-order valence-corrected chi connectivity index (χ1v) is 16.1. The second-order valence-corrected chi connectivity index (χ2v) is 14.4. The number of fused-ring (bicyclic) bond motifs is 1. The zero-order chi connectivity index (χ0) is 33.1. The van der Waals surface area contributed by atoms with Crippen molar-refractivity contribution in [2.75, 3.05) is 6.61 Å². The van der Waals surface area contributed by atoms with Gasteiger partial charge < -0.3 is 24.8 Å². The summed E-state index contributed by atoms with van der Waals surface area (Å²) in [5.41, 5.74) is 1.39. The summed E-state index contributed by atoms with van der Waals surface area (Å²) in [5.74, 6) is -1.68. The number of carbonyl (C=O) groups excluding carboxylic acids is 2. The van der Waals surface area contributed by atoms with Crippen LogP contribution >= 0.6 is 0 Å². The molecule has 2 fully saturated rings. The number of hydrogen-bond acceptors (Lipinski definition) is 7. The third kappa shape index (κ3) is 5.12. The molecule has 2 heterocycles. The lowest BCUT2D eigenvalue weighted by atomic mass is 9.51. The number of benzene rings is 1. The number of ketones is 2. The highest BCUT2D eigenvalue weighted by Gasteiger charge is 2.81. The smallest absolute Gasteiger partial charge is 0.200 e. The molecule has 4 atom stereocenters. The first-order valence-electron chi connectivity index (χ1n) is 16.1. The molecule has 0 unspecified atom stereocenters. The van der Waals surface area contributed by atoms with E-state index in [-0.39, 0.29) is 65.9 Å². The number of allylic oxidation sites excluding steroid dienone is 7. The number of rotatable bonds is 10. The number of phenolic OH excluding ortho intramolecular Hbond substituents is 2. The molecule has 1 saturated carbocycles. The molecule has 1 saturated heterocycles. The number of hydrogen-bond donors (Lipinski definition) is 3. The van der Waals surface area contributed by atoms with Gasteiger partial charge in [-0.1, -0.05) is 52.7 Å². The van der Waals surface area contributed by atoms with Crippen molar-refractivity contribution in [3.05, 3.63) is 74.9 Å². The van der Waals surface area contributed by atoms with E-state index >= 15 is 0 Å². The Kier molecular flexibility index (Phi) is 8.60. The molecule has 0 radical (unpaired) electrons. The van der Waals surface area contributed by atoms with Crippen molar-refractivity contribution < 1.29 is 34.4 Å². The van der Waals surface area contributed by atoms with Crippen molar-refractivity contribution in [1.82, 2.24) is 0 Å². The summed E-state index contributed by atoms with van der Waals surface area (Å²) >= 11 is 0. The average Bonchev–Trinajstić information content (AvgIpc) is 3.12. The van der Waals surface area contributed by atoms with E-state index in [0.717, 1.165) is 24.0 Å². The highest BCUT2D eigenvalue weighted by molar-refractivity contribution is 6.18. The minimum absolute atomic E-state index is 0.0295. The van der Waals surface area contributed by atoms with Gasteiger partial charge in [-0.3, -0.25) is 9.59 Å². The fourth-order valence-corrected chi connectivity index (χ4v) is 7.80. The normalized spacial score (nSPS) is 27.9. The summed E-state index contributed by atoms with van der Waals surface area (Å²) in [4.78, 5) is 28.9. The van der Waals surface area contributed by atoms with Crippen LogP contribution in [0.3, 0.4) is 0 Å². The van der Waals surface area contributed by atoms with E-state index in [1.807, 2.05) is 46.8 Å². The molecule has 1 aromatic rings. The minimum atomic E-state index is -1.50. The molecule has 2 aliphatic heterocycles. The highest BCUT2D eigenvalue weighted by atomic mass is 16.6. The fourth-order valence-electron chi connectivity index (χ4n) is 7.80. The lowest BCUT2D eigenvalue weighted by molar-refractivity contribution is -0.171. The molecule has 1 spiro atoms. The SMILES string of the molecule is CC(C)=CCC/C(C)=C/Cc1c(O)c(CC=C(C)C)c2c(c1O)C(=O)C1=C[C@@H]3C[C@H]4C(C)(C)O[C@@](C/C=C(\C)CO)(C3=O)[C@@]14O2. The molecular formula is C38H48O7. The maximum atomic E-state index is 14.7. The summed E-state index contributed by atoms with van der Waals surface area (Å²) in [6, 6.07) is 0. The van der Waals surface area contributed by atoms with Crippen LogP contribution in [0.15, 0.2) is 58.2 Å². The number of aromatic hydroxyl groups is 2. The third-order valence-corrected chi connectivity index (χ3v) is 10.1. The molecule has 5 aliphatic rings. The fraction of sp³-hybridized carbons (Fsp3) is 0.526. The predicted octanol–water partition coefficient (Wildman–Crippen LogP) is 7.18. The molecule has 4 bridgehead atoms. The molecule has 6 rings (SSSR count). The van der Waals surface area contributed by atoms with Gasteiger partial charge in [-0.25, -0.2) is 0 Å². The number of ether oxygens (including phenoxy) is 2. The Morgan fingerprint density at radius 2 is 1.58 bits per heavy atom. The van der Waals surface area contributed by atoms with Crippen molar-refractivity contribution in [3.63, 3.8) is 0 Å². The van der Waals surface area contributed by atoms with Gasteiger partial charge in [0.25, 0.3) is 0 Å². The average molecular weight is 617 g/mol. The predicted molar refractivity (Wildman–Crippen MR) is 175 cm³/mol. The van der Waals surface area contributed by atoms with Crippen LogP contribution in [-0.2, 0) is 22.4 Å². The lowest BCUT2D eigenvalue weighted by Crippen LogP contribution is -2.72. The second-order valence-electron chi connectivity index (χ2n) is 14.4. The summed E-state index contributed by atoms with van der Waals surface area (Å²) < 4.78 is 13.7. The van der Waals surface area contributed by atoms with E-state index in [2.05, 4.69) is 19.9 Å². The van der Waals surface area contributed by atoms with E-state index in [9.17, 15) is 24.9 Å². The second kappa shape index (κ2) is 11.7. The van der Waals surface area contributed by atoms with Crippen LogP contribution in [0.2, 0.25) is 0 Å². The topological polar surface area (TPSA) is 113 Å². The van der Waals surface area contributed by atoms with Gasteiger partial charge in [0.1, 0.15) is 22.8 Å². The molecule has 1 aromatic carbocycles. The van der Waals surface area contributed by atoms with Gasteiger partial charge in [0.2, 0.25) is 0 Å². The first kappa shape index (κ1) is 33.0. The molecule has 242 valence electrons. The van der Waals surface area contributed by atoms with E-state index < -0.39 is 28.5 Å². The van der Waals surface area contributed by atoms with Gasteiger partial charge >= 0.3 is 0 Å². The van der Waals surface area contributed by atoms with Crippen LogP contribution in [0.25, 0.3) is 0 Å². The molecule has 0 amide bonds. The standard InChI is InChI=1S/C38H48O7/c1-21(2)10-9-11-23(5)13-15-26-31(40)27(14-12-22(3)4)34-30(32(26)41)33(42)28-18-25-19-29-36(7,8)45-37(35(25)43,38(28,29)44-34)17-16-24(6)20-39/h10,12-13,16,18,25,29,39-41H,9,11,14-15,17,19-20H2,1-8H3/b23-13+,24-16+/t25-,29+,37+,38-/m1/s1. The number of Topliss-reactive ketones (excluding diaryl/α,β-unsaturated/α-hetero) is 2. The van der Waals surface area contributed by atoms with Crippen LogP contribution < -0.4 is 4.74 Å². The maximum absolute atomic E-state index is 14.7. The molecule has 7 heteroatoms. The molecular weight excluding hydrogens is 568 g/mol. The van der Waals surface area contributed by atoms with Crippen molar-refractivity contribution in [2.24, 2.45) is 11.8 Å². The lowest BCUT2D eigenvalue weighted by Gasteiger charge is -2.56. The van der Waals surface area contributed by atoms with Gasteiger partial charge in [0.05, 0.1) is 12.2 Å². The Balaban J connectivity index is 1.71. The maximum Gasteiger partial charge on any atom is 0.200 e. The van der Waals surface area contributed by atoms with E-state index in [1.54, 1.807) is 19.1 Å². The Hall–Kier alpha value is -3.42. The van der Waals surface area contributed by atoms with Gasteiger partial charge in [-0.15, -0.1) is 0 Å². The van der Waals surface area contributed by atoms with Crippen LogP contribution in [0.4, 0.5) is 0 Å². The van der Waals surface area contributed by atoms with Gasteiger partial charge in [-0.05, 0) is 87.5 Å². The number of aliphatic hydroxyl groups excluding tert-OH is 1. The molecule has 3 N–H and O–H groups in total. The van der Waals surface area contributed by atoms with Gasteiger partial charge in [0.15, 0.2) is 22.8 Å². The van der Waals surface area contributed by atoms with Crippen molar-refractivity contribution >= 4 is 11.6 Å². The van der Waals surface area contributed by atoms with Gasteiger partial charge in [-0.2, -0.15) is 0 Å². The quantitative estimate of drug-likeness (QED) is 0.239. The highest BCUT2D eigenvalue weighted by Crippen LogP contribution is 2.68. The largest absolute Gasteiger partial charge is 0.507 e. The van der Waals surface area contributed by atoms with Crippen LogP contribution in [0, 0.1) is 11.8 Å². The van der Waals surface area contributed by atoms with E-state index in [4.69, 9.17) is 9.47 Å². The Morgan fingerprint density at radius 3 is 2.22 bits per heavy atom. The Labute approximate surface area is 267 Å². The molecule has 3 aliphatic carbocycles. The monoisotopic (exact) mass is 616 g/mol. The van der Waals surface area contributed by atoms with Crippen LogP contribution in [-0.4, -0.2) is 50.3 Å². The number of carbonyl (C=O) groups is 2. The zero-order valence-electron chi connectivity index (χ0n) is 28.0. The summed E-state index contributed by atoms with van der Waals surface area (Å²) in [7, 11) is 0. The summed E-state index contributed by atoms with van der Waals surface area (Å²) in [5, 5.41) is 33.2. The molecule has 0 aromatic heterocycles. The molecule has 45 heavy (non-hydrogen) atoms. The van der Waals surface area contributed by atoms with Crippen LogP contribution in [0.1, 0.15) is 103 Å². The minimum Gasteiger partial charge on any atom is -0.507 e. The summed E-state index contributed by atoms with van der Waals surface area (Å²) in [6.45, 7) is 15.5. The van der Waals surface area contributed by atoms with Crippen LogP contribution in [0.5, 0.6) is 17.2 Å². The van der Waals surface area contributed by atoms with Gasteiger partial charge in [0, 0.05) is 35.0 Å². The zero-order valence-corrected chi connectivity index (χ0v) is 28.0. The van der Waals surface area contributed by atoms with Crippen molar-refractivity contribution in [2.45, 2.75) is 111 Å². The number of aliphatic hydroxyl groups is 1. The third-order valence-electron chi connectivity index (χ3n) is 10.1. The summed E-state index contributed by atoms with van der Waals surface area (Å²) in [6.07, 6.45) is 12.5. The van der Waals surface area contributed by atoms with E-state index in [0.29, 0.717) is 23.1 Å². The Bertz CT molecular complexity index is 1590. The van der Waals surface area contributed by atoms with Crippen molar-refractivity contribution in [3.8, 4) is 17.2 Å². The Morgan fingerprint density at radius 1 is 0.911 bits per heavy atom.